The zero-order valence-corrected chi connectivity index (χ0v) is 26.2. The fourth-order valence-corrected chi connectivity index (χ4v) is 8.00. The van der Waals surface area contributed by atoms with Crippen molar-refractivity contribution in [3.05, 3.63) is 61.2 Å². The fourth-order valence-electron chi connectivity index (χ4n) is 7.05. The van der Waals surface area contributed by atoms with Gasteiger partial charge in [0.2, 0.25) is 17.7 Å². The van der Waals surface area contributed by atoms with Gasteiger partial charge < -0.3 is 24.5 Å². The molecule has 3 amide bonds. The van der Waals surface area contributed by atoms with Gasteiger partial charge in [-0.05, 0) is 31.7 Å². The average molecular weight is 631 g/mol. The summed E-state index contributed by atoms with van der Waals surface area (Å²) in [6.45, 7) is 16.3. The van der Waals surface area contributed by atoms with E-state index < -0.39 is 35.6 Å². The van der Waals surface area contributed by atoms with Gasteiger partial charge in [-0.3, -0.25) is 14.4 Å². The lowest BCUT2D eigenvalue weighted by molar-refractivity contribution is -0.154. The number of aliphatic hydroxyl groups is 1. The summed E-state index contributed by atoms with van der Waals surface area (Å²) in [6, 6.07) is 8.02. The molecule has 41 heavy (non-hydrogen) atoms. The summed E-state index contributed by atoms with van der Waals surface area (Å²) in [5.41, 5.74) is -0.215. The average Bonchev–Trinajstić information content (AvgIpc) is 3.55. The van der Waals surface area contributed by atoms with Crippen LogP contribution in [0.5, 0.6) is 0 Å². The van der Waals surface area contributed by atoms with Crippen LogP contribution < -0.4 is 0 Å². The van der Waals surface area contributed by atoms with Crippen LogP contribution in [0, 0.1) is 17.8 Å². The number of ether oxygens (including phenoxy) is 1. The zero-order valence-electron chi connectivity index (χ0n) is 24.6. The molecule has 3 heterocycles. The van der Waals surface area contributed by atoms with E-state index in [4.69, 9.17) is 4.74 Å². The highest BCUT2D eigenvalue weighted by Gasteiger charge is 2.77. The number of fused-ring (bicyclic) bond motifs is 1. The number of halogens is 1. The molecule has 3 saturated heterocycles. The van der Waals surface area contributed by atoms with E-state index >= 15 is 0 Å². The Kier molecular flexibility index (Phi) is 9.81. The van der Waals surface area contributed by atoms with E-state index in [1.807, 2.05) is 58.0 Å². The molecule has 8 nitrogen and oxygen atoms in total. The first-order valence-electron chi connectivity index (χ1n) is 14.7. The maximum Gasteiger partial charge on any atom is 0.248 e. The Balaban J connectivity index is 1.81. The molecule has 0 radical (unpaired) electrons. The van der Waals surface area contributed by atoms with Crippen LogP contribution in [0.2, 0.25) is 0 Å². The second-order valence-electron chi connectivity index (χ2n) is 11.9. The van der Waals surface area contributed by atoms with Crippen LogP contribution in [-0.2, 0) is 25.7 Å². The van der Waals surface area contributed by atoms with Gasteiger partial charge in [-0.25, -0.2) is 0 Å². The molecular formula is C32H44BrN3O5. The smallest absolute Gasteiger partial charge is 0.248 e. The van der Waals surface area contributed by atoms with Gasteiger partial charge >= 0.3 is 0 Å². The first-order valence-corrected chi connectivity index (χ1v) is 15.6. The quantitative estimate of drug-likeness (QED) is 0.265. The summed E-state index contributed by atoms with van der Waals surface area (Å²) in [4.78, 5) is 48.2. The van der Waals surface area contributed by atoms with Gasteiger partial charge in [0, 0.05) is 30.5 Å². The molecule has 1 aromatic rings. The molecule has 1 aromatic carbocycles. The van der Waals surface area contributed by atoms with Crippen LogP contribution in [0.1, 0.15) is 46.1 Å². The molecule has 9 heteroatoms. The van der Waals surface area contributed by atoms with Gasteiger partial charge in [0.1, 0.15) is 11.6 Å². The largest absolute Gasteiger partial charge is 0.394 e. The highest BCUT2D eigenvalue weighted by Crippen LogP contribution is 2.61. The molecule has 1 spiro atoms. The Morgan fingerprint density at radius 3 is 2.39 bits per heavy atom. The summed E-state index contributed by atoms with van der Waals surface area (Å²) in [5.74, 6) is -2.38. The molecule has 0 saturated carbocycles. The number of alkyl halides is 1. The second-order valence-corrected chi connectivity index (χ2v) is 13.1. The van der Waals surface area contributed by atoms with Gasteiger partial charge in [-0.2, -0.15) is 0 Å². The molecule has 2 bridgehead atoms. The highest BCUT2D eigenvalue weighted by atomic mass is 79.9. The third-order valence-electron chi connectivity index (χ3n) is 9.20. The Morgan fingerprint density at radius 2 is 1.83 bits per heavy atom. The van der Waals surface area contributed by atoms with Crippen molar-refractivity contribution < 1.29 is 24.2 Å². The summed E-state index contributed by atoms with van der Waals surface area (Å²) < 4.78 is 6.72. The molecule has 3 unspecified atom stereocenters. The highest BCUT2D eigenvalue weighted by molar-refractivity contribution is 9.09. The van der Waals surface area contributed by atoms with Crippen molar-refractivity contribution in [3.63, 3.8) is 0 Å². The first-order chi connectivity index (χ1) is 19.6. The maximum absolute atomic E-state index is 14.6. The molecule has 1 N–H and O–H groups in total. The van der Waals surface area contributed by atoms with Crippen molar-refractivity contribution in [1.82, 2.24) is 14.7 Å². The number of amides is 3. The Morgan fingerprint density at radius 1 is 1.17 bits per heavy atom. The molecule has 224 valence electrons. The third-order valence-corrected chi connectivity index (χ3v) is 10.0. The van der Waals surface area contributed by atoms with Crippen LogP contribution in [-0.4, -0.2) is 91.9 Å². The van der Waals surface area contributed by atoms with Crippen molar-refractivity contribution in [1.29, 1.82) is 0 Å². The Hall–Kier alpha value is -2.49. The molecule has 4 rings (SSSR count). The van der Waals surface area contributed by atoms with E-state index in [1.165, 1.54) is 0 Å². The van der Waals surface area contributed by atoms with E-state index in [9.17, 15) is 19.5 Å². The second kappa shape index (κ2) is 12.8. The van der Waals surface area contributed by atoms with Crippen LogP contribution >= 0.6 is 15.9 Å². The summed E-state index contributed by atoms with van der Waals surface area (Å²) in [6.07, 6.45) is 3.94. The van der Waals surface area contributed by atoms with Crippen molar-refractivity contribution in [2.24, 2.45) is 17.8 Å². The summed E-state index contributed by atoms with van der Waals surface area (Å²) in [5, 5.41) is 10.6. The lowest BCUT2D eigenvalue weighted by Gasteiger charge is -2.41. The summed E-state index contributed by atoms with van der Waals surface area (Å²) in [7, 11) is 0. The Labute approximate surface area is 252 Å². The number of hydrogen-bond acceptors (Lipinski definition) is 5. The van der Waals surface area contributed by atoms with Gasteiger partial charge in [0.05, 0.1) is 30.6 Å². The topological polar surface area (TPSA) is 90.4 Å². The van der Waals surface area contributed by atoms with Crippen LogP contribution in [0.25, 0.3) is 0 Å². The minimum atomic E-state index is -1.19. The number of benzene rings is 1. The van der Waals surface area contributed by atoms with E-state index in [2.05, 4.69) is 29.1 Å². The molecule has 0 aromatic heterocycles. The van der Waals surface area contributed by atoms with Crippen molar-refractivity contribution >= 4 is 33.7 Å². The minimum absolute atomic E-state index is 0.0668. The number of carbonyl (C=O) groups excluding carboxylic acids is 3. The zero-order chi connectivity index (χ0) is 30.1. The molecular weight excluding hydrogens is 586 g/mol. The number of likely N-dealkylation sites (tertiary alicyclic amines) is 1. The molecule has 3 aliphatic heterocycles. The van der Waals surface area contributed by atoms with Crippen LogP contribution in [0.15, 0.2) is 55.6 Å². The number of carbonyl (C=O) groups is 3. The SMILES string of the molecule is C=CCN(Cc1ccccc1)C(=O)[C@H]1[C@@H]2OC3(CC2Br)C(C(=O)N(CC=C)C(C)C)N([C@@H](CO)[C@@H](C)CC)C(=O)[C@H]13. The van der Waals surface area contributed by atoms with Crippen LogP contribution in [0.3, 0.4) is 0 Å². The lowest BCUT2D eigenvalue weighted by Crippen LogP contribution is -2.60. The molecule has 8 atom stereocenters. The van der Waals surface area contributed by atoms with E-state index in [1.54, 1.807) is 26.9 Å². The van der Waals surface area contributed by atoms with Gasteiger partial charge in [0.25, 0.3) is 0 Å². The third kappa shape index (κ3) is 5.41. The van der Waals surface area contributed by atoms with E-state index in [0.717, 1.165) is 5.56 Å². The van der Waals surface area contributed by atoms with E-state index in [-0.39, 0.29) is 41.1 Å². The van der Waals surface area contributed by atoms with Gasteiger partial charge in [-0.15, -0.1) is 13.2 Å². The van der Waals surface area contributed by atoms with Crippen molar-refractivity contribution in [2.45, 2.75) is 81.7 Å². The van der Waals surface area contributed by atoms with Crippen molar-refractivity contribution in [2.75, 3.05) is 19.7 Å². The molecule has 3 aliphatic rings. The first kappa shape index (κ1) is 31.4. The fraction of sp³-hybridized carbons (Fsp3) is 0.594. The van der Waals surface area contributed by atoms with Crippen molar-refractivity contribution in [3.8, 4) is 0 Å². The van der Waals surface area contributed by atoms with Gasteiger partial charge in [0.15, 0.2) is 0 Å². The normalized spacial score (nSPS) is 29.8. The maximum atomic E-state index is 14.6. The molecule has 3 fully saturated rings. The predicted molar refractivity (Wildman–Crippen MR) is 162 cm³/mol. The number of rotatable bonds is 13. The number of hydrogen-bond donors (Lipinski definition) is 1. The van der Waals surface area contributed by atoms with Crippen LogP contribution in [0.4, 0.5) is 0 Å². The summed E-state index contributed by atoms with van der Waals surface area (Å²) >= 11 is 3.76. The Bertz CT molecular complexity index is 1150. The number of nitrogens with zero attached hydrogens (tertiary/aromatic N) is 3. The minimum Gasteiger partial charge on any atom is -0.394 e. The molecule has 0 aliphatic carbocycles. The van der Waals surface area contributed by atoms with Gasteiger partial charge in [-0.1, -0.05) is 78.7 Å². The standard InChI is InChI=1S/C32H44BrN3O5/c1-7-15-34(18-22-13-11-10-12-14-22)29(38)25-26-30(39)36(24(19-37)21(6)9-3)28(31(40)35(16-8-2)20(4)5)32(26)17-23(33)27(25)41-32/h7-8,10-14,20-21,23-28,37H,1-2,9,15-19H2,3-6H3/t21-,23?,24-,25+,26-,27+,28?,32?/m0/s1. The predicted octanol–water partition coefficient (Wildman–Crippen LogP) is 3.78. The number of aliphatic hydroxyl groups excluding tert-OH is 1. The monoisotopic (exact) mass is 629 g/mol. The lowest BCUT2D eigenvalue weighted by atomic mass is 9.70. The van der Waals surface area contributed by atoms with E-state index in [0.29, 0.717) is 32.5 Å².